The van der Waals surface area contributed by atoms with Crippen molar-refractivity contribution in [2.75, 3.05) is 6.54 Å². The highest BCUT2D eigenvalue weighted by Crippen LogP contribution is 2.35. The van der Waals surface area contributed by atoms with Crippen LogP contribution in [0.15, 0.2) is 18.2 Å². The fourth-order valence-corrected chi connectivity index (χ4v) is 3.15. The molecule has 114 valence electrons. The van der Waals surface area contributed by atoms with Crippen molar-refractivity contribution in [1.29, 1.82) is 0 Å². The number of fused-ring (bicyclic) bond motifs is 1. The molecule has 1 saturated heterocycles. The first-order valence-corrected chi connectivity index (χ1v) is 7.85. The molecule has 4 nitrogen and oxygen atoms in total. The van der Waals surface area contributed by atoms with Crippen LogP contribution in [0.4, 0.5) is 0 Å². The first-order valence-electron chi connectivity index (χ1n) is 7.85. The van der Waals surface area contributed by atoms with Crippen molar-refractivity contribution in [3.05, 3.63) is 29.3 Å². The van der Waals surface area contributed by atoms with Crippen molar-refractivity contribution >= 4 is 5.91 Å². The van der Waals surface area contributed by atoms with E-state index in [1.165, 1.54) is 11.1 Å². The Labute approximate surface area is 126 Å². The molecule has 1 atom stereocenters. The first-order chi connectivity index (χ1) is 10.0. The zero-order valence-electron chi connectivity index (χ0n) is 12.9. The van der Waals surface area contributed by atoms with E-state index in [9.17, 15) is 4.79 Å². The summed E-state index contributed by atoms with van der Waals surface area (Å²) < 4.78 is 5.89. The number of benzene rings is 1. The number of carbonyl (C=O) groups is 1. The summed E-state index contributed by atoms with van der Waals surface area (Å²) in [4.78, 5) is 11.9. The van der Waals surface area contributed by atoms with Crippen LogP contribution in [0.2, 0.25) is 0 Å². The van der Waals surface area contributed by atoms with Gasteiger partial charge in [0.05, 0.1) is 6.04 Å². The summed E-state index contributed by atoms with van der Waals surface area (Å²) in [6.07, 6.45) is 4.05. The van der Waals surface area contributed by atoms with E-state index in [2.05, 4.69) is 36.6 Å². The van der Waals surface area contributed by atoms with E-state index < -0.39 is 0 Å². The molecule has 2 N–H and O–H groups in total. The molecule has 1 amide bonds. The van der Waals surface area contributed by atoms with Crippen molar-refractivity contribution in [2.24, 2.45) is 0 Å². The van der Waals surface area contributed by atoms with Crippen molar-refractivity contribution in [2.45, 2.75) is 57.7 Å². The molecule has 1 aromatic rings. The molecule has 1 aromatic carbocycles. The zero-order chi connectivity index (χ0) is 14.9. The van der Waals surface area contributed by atoms with Gasteiger partial charge in [-0.1, -0.05) is 12.1 Å². The summed E-state index contributed by atoms with van der Waals surface area (Å²) in [5.74, 6) is 1.13. The van der Waals surface area contributed by atoms with E-state index in [1.807, 2.05) is 6.07 Å². The molecule has 2 heterocycles. The molecule has 4 heteroatoms. The van der Waals surface area contributed by atoms with E-state index in [0.717, 1.165) is 44.5 Å². The lowest BCUT2D eigenvalue weighted by atomic mass is 10.00. The molecular weight excluding hydrogens is 264 g/mol. The standard InChI is InChI=1S/C17H24N2O2/c1-17(2)10-13-9-12(6-7-15(13)21-17)11-19-14-5-3-4-8-18-16(14)20/h6-7,9,14,19H,3-5,8,10-11H2,1-2H3,(H,18,20). The Morgan fingerprint density at radius 3 is 3.10 bits per heavy atom. The van der Waals surface area contributed by atoms with Crippen molar-refractivity contribution in [3.63, 3.8) is 0 Å². The van der Waals surface area contributed by atoms with Crippen molar-refractivity contribution in [1.82, 2.24) is 10.6 Å². The monoisotopic (exact) mass is 288 g/mol. The Bertz CT molecular complexity index is 540. The van der Waals surface area contributed by atoms with Gasteiger partial charge in [0.2, 0.25) is 5.91 Å². The predicted octanol–water partition coefficient (Wildman–Crippen LogP) is 2.16. The lowest BCUT2D eigenvalue weighted by Gasteiger charge is -2.16. The highest BCUT2D eigenvalue weighted by molar-refractivity contribution is 5.81. The van der Waals surface area contributed by atoms with Crippen LogP contribution in [0.25, 0.3) is 0 Å². The maximum atomic E-state index is 11.9. The van der Waals surface area contributed by atoms with Gasteiger partial charge in [0, 0.05) is 19.5 Å². The molecule has 1 fully saturated rings. The van der Waals surface area contributed by atoms with Gasteiger partial charge in [-0.3, -0.25) is 4.79 Å². The average molecular weight is 288 g/mol. The summed E-state index contributed by atoms with van der Waals surface area (Å²) in [5.41, 5.74) is 2.38. The van der Waals surface area contributed by atoms with Gasteiger partial charge < -0.3 is 15.4 Å². The molecule has 2 aliphatic heterocycles. The highest BCUT2D eigenvalue weighted by atomic mass is 16.5. The van der Waals surface area contributed by atoms with Gasteiger partial charge in [-0.25, -0.2) is 0 Å². The number of carbonyl (C=O) groups excluding carboxylic acids is 1. The van der Waals surface area contributed by atoms with E-state index >= 15 is 0 Å². The molecule has 2 aliphatic rings. The zero-order valence-corrected chi connectivity index (χ0v) is 12.9. The van der Waals surface area contributed by atoms with E-state index in [1.54, 1.807) is 0 Å². The topological polar surface area (TPSA) is 50.4 Å². The van der Waals surface area contributed by atoms with Crippen LogP contribution in [0, 0.1) is 0 Å². The van der Waals surface area contributed by atoms with Gasteiger partial charge in [0.25, 0.3) is 0 Å². The molecule has 0 bridgehead atoms. The SMILES string of the molecule is CC1(C)Cc2cc(CNC3CCCCNC3=O)ccc2O1. The number of hydrogen-bond donors (Lipinski definition) is 2. The Hall–Kier alpha value is -1.55. The third kappa shape index (κ3) is 3.38. The maximum absolute atomic E-state index is 11.9. The quantitative estimate of drug-likeness (QED) is 0.896. The normalized spacial score (nSPS) is 23.9. The van der Waals surface area contributed by atoms with Crippen LogP contribution < -0.4 is 15.4 Å². The smallest absolute Gasteiger partial charge is 0.237 e. The Morgan fingerprint density at radius 2 is 2.24 bits per heavy atom. The second-order valence-corrected chi connectivity index (χ2v) is 6.70. The van der Waals surface area contributed by atoms with Gasteiger partial charge in [0.15, 0.2) is 0 Å². The third-order valence-corrected chi connectivity index (χ3v) is 4.22. The summed E-state index contributed by atoms with van der Waals surface area (Å²) in [5, 5.41) is 6.35. The molecule has 1 unspecified atom stereocenters. The predicted molar refractivity (Wildman–Crippen MR) is 82.3 cm³/mol. The van der Waals surface area contributed by atoms with Crippen LogP contribution >= 0.6 is 0 Å². The molecule has 0 spiro atoms. The average Bonchev–Trinajstić information content (AvgIpc) is 2.59. The van der Waals surface area contributed by atoms with Gasteiger partial charge in [0.1, 0.15) is 11.4 Å². The summed E-state index contributed by atoms with van der Waals surface area (Å²) >= 11 is 0. The number of ether oxygens (including phenoxy) is 1. The van der Waals surface area contributed by atoms with Gasteiger partial charge in [-0.2, -0.15) is 0 Å². The van der Waals surface area contributed by atoms with Crippen LogP contribution in [0.1, 0.15) is 44.2 Å². The van der Waals surface area contributed by atoms with Gasteiger partial charge >= 0.3 is 0 Å². The van der Waals surface area contributed by atoms with E-state index in [4.69, 9.17) is 4.74 Å². The summed E-state index contributed by atoms with van der Waals surface area (Å²) in [6, 6.07) is 6.27. The molecule has 0 aromatic heterocycles. The van der Waals surface area contributed by atoms with Gasteiger partial charge in [-0.05, 0) is 50.3 Å². The number of amides is 1. The van der Waals surface area contributed by atoms with Crippen LogP contribution in [-0.4, -0.2) is 24.1 Å². The summed E-state index contributed by atoms with van der Waals surface area (Å²) in [7, 11) is 0. The Morgan fingerprint density at radius 1 is 1.38 bits per heavy atom. The van der Waals surface area contributed by atoms with Crippen molar-refractivity contribution in [3.8, 4) is 5.75 Å². The number of rotatable bonds is 3. The second kappa shape index (κ2) is 5.68. The summed E-state index contributed by atoms with van der Waals surface area (Å²) in [6.45, 7) is 5.76. The molecule has 0 aliphatic carbocycles. The van der Waals surface area contributed by atoms with E-state index in [-0.39, 0.29) is 17.6 Å². The minimum absolute atomic E-state index is 0.0616. The highest BCUT2D eigenvalue weighted by Gasteiger charge is 2.30. The van der Waals surface area contributed by atoms with Crippen LogP contribution in [0.3, 0.4) is 0 Å². The lowest BCUT2D eigenvalue weighted by molar-refractivity contribution is -0.122. The minimum Gasteiger partial charge on any atom is -0.487 e. The third-order valence-electron chi connectivity index (χ3n) is 4.22. The van der Waals surface area contributed by atoms with E-state index in [0.29, 0.717) is 0 Å². The largest absolute Gasteiger partial charge is 0.487 e. The minimum atomic E-state index is -0.102. The molecule has 21 heavy (non-hydrogen) atoms. The van der Waals surface area contributed by atoms with Gasteiger partial charge in [-0.15, -0.1) is 0 Å². The number of nitrogens with one attached hydrogen (secondary N) is 2. The molecular formula is C17H24N2O2. The Balaban J connectivity index is 1.63. The fourth-order valence-electron chi connectivity index (χ4n) is 3.15. The van der Waals surface area contributed by atoms with Crippen molar-refractivity contribution < 1.29 is 9.53 Å². The molecule has 0 saturated carbocycles. The lowest BCUT2D eigenvalue weighted by Crippen LogP contribution is -2.42. The Kier molecular flexibility index (Phi) is 3.89. The van der Waals surface area contributed by atoms with Crippen LogP contribution in [-0.2, 0) is 17.8 Å². The second-order valence-electron chi connectivity index (χ2n) is 6.70. The van der Waals surface area contributed by atoms with Crippen LogP contribution in [0.5, 0.6) is 5.75 Å². The first kappa shape index (κ1) is 14.4. The number of hydrogen-bond acceptors (Lipinski definition) is 3. The maximum Gasteiger partial charge on any atom is 0.237 e. The molecule has 0 radical (unpaired) electrons. The fraction of sp³-hybridized carbons (Fsp3) is 0.588. The molecule has 3 rings (SSSR count).